The van der Waals surface area contributed by atoms with E-state index in [4.69, 9.17) is 0 Å². The fourth-order valence-corrected chi connectivity index (χ4v) is 2.04. The van der Waals surface area contributed by atoms with Gasteiger partial charge in [-0.25, -0.2) is 4.39 Å². The number of benzene rings is 1. The molecule has 0 aromatic heterocycles. The first kappa shape index (κ1) is 15.2. The van der Waals surface area contributed by atoms with E-state index in [2.05, 4.69) is 28.2 Å². The molecule has 0 aliphatic heterocycles. The van der Waals surface area contributed by atoms with Crippen LogP contribution in [-0.4, -0.2) is 5.91 Å². The minimum absolute atomic E-state index is 0.0576. The van der Waals surface area contributed by atoms with E-state index in [1.165, 1.54) is 31.4 Å². The minimum Gasteiger partial charge on any atom is -0.325 e. The van der Waals surface area contributed by atoms with Gasteiger partial charge in [0.15, 0.2) is 0 Å². The van der Waals surface area contributed by atoms with Gasteiger partial charge in [0.25, 0.3) is 0 Å². The van der Waals surface area contributed by atoms with Gasteiger partial charge in [0.05, 0.1) is 5.69 Å². The summed E-state index contributed by atoms with van der Waals surface area (Å²) < 4.78 is 13.7. The van der Waals surface area contributed by atoms with E-state index in [9.17, 15) is 9.18 Å². The topological polar surface area (TPSA) is 29.1 Å². The molecule has 18 heavy (non-hydrogen) atoms. The third-order valence-corrected chi connectivity index (χ3v) is 3.40. The van der Waals surface area contributed by atoms with Crippen molar-refractivity contribution in [3.8, 4) is 0 Å². The third-order valence-electron chi connectivity index (χ3n) is 2.71. The van der Waals surface area contributed by atoms with Crippen LogP contribution >= 0.6 is 15.9 Å². The highest BCUT2D eigenvalue weighted by Crippen LogP contribution is 2.23. The van der Waals surface area contributed by atoms with Crippen LogP contribution in [0.1, 0.15) is 45.4 Å². The van der Waals surface area contributed by atoms with E-state index in [0.717, 1.165) is 12.8 Å². The molecule has 1 aromatic rings. The van der Waals surface area contributed by atoms with Crippen LogP contribution in [-0.2, 0) is 4.79 Å². The Morgan fingerprint density at radius 1 is 1.28 bits per heavy atom. The Morgan fingerprint density at radius 3 is 2.72 bits per heavy atom. The molecule has 1 N–H and O–H groups in total. The molecule has 0 atom stereocenters. The number of hydrogen-bond donors (Lipinski definition) is 1. The van der Waals surface area contributed by atoms with Crippen molar-refractivity contribution in [1.82, 2.24) is 0 Å². The van der Waals surface area contributed by atoms with Crippen molar-refractivity contribution in [1.29, 1.82) is 0 Å². The molecule has 0 fully saturated rings. The van der Waals surface area contributed by atoms with Crippen molar-refractivity contribution < 1.29 is 9.18 Å². The summed E-state index contributed by atoms with van der Waals surface area (Å²) in [5.41, 5.74) is 0.494. The van der Waals surface area contributed by atoms with Gasteiger partial charge in [0.2, 0.25) is 5.91 Å². The largest absolute Gasteiger partial charge is 0.325 e. The smallest absolute Gasteiger partial charge is 0.224 e. The van der Waals surface area contributed by atoms with Crippen molar-refractivity contribution in [3.63, 3.8) is 0 Å². The van der Waals surface area contributed by atoms with Crippen LogP contribution in [0.4, 0.5) is 10.1 Å². The minimum atomic E-state index is -0.351. The normalized spacial score (nSPS) is 10.4. The van der Waals surface area contributed by atoms with Gasteiger partial charge in [-0.1, -0.05) is 32.6 Å². The molecule has 0 bridgehead atoms. The first-order valence-corrected chi connectivity index (χ1v) is 7.17. The van der Waals surface area contributed by atoms with E-state index in [1.54, 1.807) is 6.07 Å². The number of hydrogen-bond acceptors (Lipinski definition) is 1. The number of carbonyl (C=O) groups excluding carboxylic acids is 1. The van der Waals surface area contributed by atoms with Crippen molar-refractivity contribution in [2.24, 2.45) is 0 Å². The van der Waals surface area contributed by atoms with Crippen LogP contribution < -0.4 is 5.32 Å². The summed E-state index contributed by atoms with van der Waals surface area (Å²) in [6, 6.07) is 4.26. The van der Waals surface area contributed by atoms with Crippen LogP contribution in [0.3, 0.4) is 0 Å². The fourth-order valence-electron chi connectivity index (χ4n) is 1.70. The molecule has 2 nitrogen and oxygen atoms in total. The van der Waals surface area contributed by atoms with E-state index in [-0.39, 0.29) is 11.7 Å². The van der Waals surface area contributed by atoms with Crippen LogP contribution in [0.5, 0.6) is 0 Å². The first-order valence-electron chi connectivity index (χ1n) is 6.38. The quantitative estimate of drug-likeness (QED) is 0.713. The molecule has 1 amide bonds. The van der Waals surface area contributed by atoms with Gasteiger partial charge in [-0.15, -0.1) is 0 Å². The Labute approximate surface area is 116 Å². The molecule has 4 heteroatoms. The van der Waals surface area contributed by atoms with Crippen LogP contribution in [0.15, 0.2) is 22.7 Å². The molecule has 0 aliphatic carbocycles. The van der Waals surface area contributed by atoms with Crippen molar-refractivity contribution in [2.75, 3.05) is 5.32 Å². The Balaban J connectivity index is 2.33. The Bertz CT molecular complexity index is 395. The van der Waals surface area contributed by atoms with Gasteiger partial charge in [0, 0.05) is 10.9 Å². The highest BCUT2D eigenvalue weighted by molar-refractivity contribution is 9.10. The summed E-state index contributed by atoms with van der Waals surface area (Å²) in [6.07, 6.45) is 6.05. The second-order valence-corrected chi connectivity index (χ2v) is 5.19. The number of rotatable bonds is 7. The molecule has 0 heterocycles. The predicted octanol–water partition coefficient (Wildman–Crippen LogP) is 4.89. The summed E-state index contributed by atoms with van der Waals surface area (Å²) >= 11 is 3.28. The Kier molecular flexibility index (Phi) is 6.94. The molecule has 0 unspecified atom stereocenters. The molecule has 0 saturated carbocycles. The predicted molar refractivity (Wildman–Crippen MR) is 76.1 cm³/mol. The average Bonchev–Trinajstić information content (AvgIpc) is 2.33. The number of nitrogens with one attached hydrogen (secondary N) is 1. The summed E-state index contributed by atoms with van der Waals surface area (Å²) in [5, 5.41) is 2.72. The first-order chi connectivity index (χ1) is 8.63. The molecular weight excluding hydrogens is 297 g/mol. The van der Waals surface area contributed by atoms with E-state index < -0.39 is 0 Å². The maximum Gasteiger partial charge on any atom is 0.224 e. The lowest BCUT2D eigenvalue weighted by molar-refractivity contribution is -0.116. The van der Waals surface area contributed by atoms with E-state index in [1.807, 2.05) is 0 Å². The number of unbranched alkanes of at least 4 members (excludes halogenated alkanes) is 4. The molecule has 0 aliphatic rings. The lowest BCUT2D eigenvalue weighted by Crippen LogP contribution is -2.11. The summed E-state index contributed by atoms with van der Waals surface area (Å²) in [5.74, 6) is -0.408. The molecule has 100 valence electrons. The average molecular weight is 316 g/mol. The molecule has 1 aromatic carbocycles. The monoisotopic (exact) mass is 315 g/mol. The molecule has 0 radical (unpaired) electrons. The van der Waals surface area contributed by atoms with Crippen molar-refractivity contribution >= 4 is 27.5 Å². The number of anilines is 1. The summed E-state index contributed by atoms with van der Waals surface area (Å²) in [7, 11) is 0. The highest BCUT2D eigenvalue weighted by atomic mass is 79.9. The molecule has 0 spiro atoms. The number of carbonyl (C=O) groups is 1. The highest BCUT2D eigenvalue weighted by Gasteiger charge is 2.06. The van der Waals surface area contributed by atoms with E-state index in [0.29, 0.717) is 16.6 Å². The maximum absolute atomic E-state index is 13.0. The second-order valence-electron chi connectivity index (χ2n) is 4.34. The molecular formula is C14H19BrFNO. The SMILES string of the molecule is CCCCCCCC(=O)Nc1cc(F)ccc1Br. The maximum atomic E-state index is 13.0. The van der Waals surface area contributed by atoms with Gasteiger partial charge < -0.3 is 5.32 Å². The van der Waals surface area contributed by atoms with Gasteiger partial charge in [0.1, 0.15) is 5.82 Å². The van der Waals surface area contributed by atoms with Crippen LogP contribution in [0, 0.1) is 5.82 Å². The van der Waals surface area contributed by atoms with Gasteiger partial charge in [-0.05, 0) is 40.5 Å². The standard InChI is InChI=1S/C14H19BrFNO/c1-2-3-4-5-6-7-14(18)17-13-10-11(16)8-9-12(13)15/h8-10H,2-7H2,1H3,(H,17,18). The number of halogens is 2. The zero-order valence-electron chi connectivity index (χ0n) is 10.6. The van der Waals surface area contributed by atoms with Crippen LogP contribution in [0.2, 0.25) is 0 Å². The van der Waals surface area contributed by atoms with E-state index >= 15 is 0 Å². The molecule has 0 saturated heterocycles. The molecule has 1 rings (SSSR count). The lowest BCUT2D eigenvalue weighted by Gasteiger charge is -2.07. The zero-order chi connectivity index (χ0) is 13.4. The third kappa shape index (κ3) is 5.63. The number of amides is 1. The lowest BCUT2D eigenvalue weighted by atomic mass is 10.1. The van der Waals surface area contributed by atoms with Crippen molar-refractivity contribution in [3.05, 3.63) is 28.5 Å². The zero-order valence-corrected chi connectivity index (χ0v) is 12.2. The van der Waals surface area contributed by atoms with Crippen LogP contribution in [0.25, 0.3) is 0 Å². The summed E-state index contributed by atoms with van der Waals surface area (Å²) in [6.45, 7) is 2.16. The fraction of sp³-hybridized carbons (Fsp3) is 0.500. The Morgan fingerprint density at radius 2 is 2.00 bits per heavy atom. The van der Waals surface area contributed by atoms with Gasteiger partial charge in [-0.2, -0.15) is 0 Å². The van der Waals surface area contributed by atoms with Gasteiger partial charge >= 0.3 is 0 Å². The second kappa shape index (κ2) is 8.25. The Hall–Kier alpha value is -0.900. The summed E-state index contributed by atoms with van der Waals surface area (Å²) in [4.78, 5) is 11.7. The van der Waals surface area contributed by atoms with Crippen molar-refractivity contribution in [2.45, 2.75) is 45.4 Å². The van der Waals surface area contributed by atoms with Gasteiger partial charge in [-0.3, -0.25) is 4.79 Å².